The molecule has 1 heterocycles. The minimum Gasteiger partial charge on any atom is -0.508 e. The van der Waals surface area contributed by atoms with E-state index in [4.69, 9.17) is 17.2 Å². The number of hydrogen-bond acceptors (Lipinski definition) is 16. The molecular weight excluding hydrogens is 1100 g/mol. The van der Waals surface area contributed by atoms with Gasteiger partial charge in [-0.3, -0.25) is 57.5 Å². The maximum absolute atomic E-state index is 14.3. The van der Waals surface area contributed by atoms with Crippen molar-refractivity contribution in [3.8, 4) is 5.75 Å². The third kappa shape index (κ3) is 25.0. The van der Waals surface area contributed by atoms with Crippen LogP contribution in [0.4, 0.5) is 0 Å². The summed E-state index contributed by atoms with van der Waals surface area (Å²) in [5.74, 6) is -10.3. The smallest absolute Gasteiger partial charge is 0.245 e. The van der Waals surface area contributed by atoms with E-state index in [-0.39, 0.29) is 57.4 Å². The Labute approximate surface area is 499 Å². The summed E-state index contributed by atoms with van der Waals surface area (Å²) in [5, 5.41) is 39.0. The van der Waals surface area contributed by atoms with Gasteiger partial charge in [-0.05, 0) is 114 Å². The highest BCUT2D eigenvalue weighted by atomic mass is 16.3. The van der Waals surface area contributed by atoms with Gasteiger partial charge in [-0.2, -0.15) is 0 Å². The highest BCUT2D eigenvalue weighted by molar-refractivity contribution is 5.98. The second-order valence-corrected chi connectivity index (χ2v) is 23.1. The van der Waals surface area contributed by atoms with Gasteiger partial charge in [0.25, 0.3) is 0 Å². The number of nitrogens with two attached hydrogens (primary N) is 3. The van der Waals surface area contributed by atoms with Crippen molar-refractivity contribution in [2.24, 2.45) is 40.9 Å². The fourth-order valence-electron chi connectivity index (χ4n) is 8.76. The number of likely N-dealkylation sites (N-methyl/N-ethyl adjacent to an activating group) is 1. The van der Waals surface area contributed by atoms with E-state index in [2.05, 4.69) is 58.5 Å². The Kier molecular flexibility index (Phi) is 31.5. The van der Waals surface area contributed by atoms with Crippen LogP contribution in [-0.4, -0.2) is 181 Å². The average Bonchev–Trinajstić information content (AvgIpc) is 3.50. The molecule has 0 aliphatic carbocycles. The van der Waals surface area contributed by atoms with Gasteiger partial charge in [-0.1, -0.05) is 67.5 Å². The van der Waals surface area contributed by atoms with Crippen LogP contribution >= 0.6 is 0 Å². The van der Waals surface area contributed by atoms with Crippen molar-refractivity contribution < 1.29 is 62.6 Å². The van der Waals surface area contributed by atoms with E-state index in [1.807, 2.05) is 0 Å². The summed E-state index contributed by atoms with van der Waals surface area (Å²) in [4.78, 5) is 164. The Hall–Kier alpha value is -7.46. The number of carbonyl (C=O) groups is 12. The van der Waals surface area contributed by atoms with Crippen molar-refractivity contribution >= 4 is 70.9 Å². The zero-order valence-corrected chi connectivity index (χ0v) is 51.5. The number of rotatable bonds is 10. The highest BCUT2D eigenvalue weighted by Crippen LogP contribution is 2.15. The van der Waals surface area contributed by atoms with Crippen LogP contribution in [0.25, 0.3) is 0 Å². The Balaban J connectivity index is 2.48. The van der Waals surface area contributed by atoms with Gasteiger partial charge >= 0.3 is 0 Å². The van der Waals surface area contributed by atoms with Crippen LogP contribution < -0.4 is 75.7 Å². The van der Waals surface area contributed by atoms with Gasteiger partial charge in [-0.15, -0.1) is 0 Å². The summed E-state index contributed by atoms with van der Waals surface area (Å²) in [6.45, 7) is 17.4. The summed E-state index contributed by atoms with van der Waals surface area (Å²) in [6.07, 6.45) is 1.47. The van der Waals surface area contributed by atoms with E-state index < -0.39 is 168 Å². The van der Waals surface area contributed by atoms with E-state index in [1.165, 1.54) is 40.0 Å². The lowest BCUT2D eigenvalue weighted by atomic mass is 9.99. The molecular formula is C57H97N15O13. The molecule has 28 nitrogen and oxygen atoms in total. The molecule has 1 fully saturated rings. The highest BCUT2D eigenvalue weighted by Gasteiger charge is 2.37. The summed E-state index contributed by atoms with van der Waals surface area (Å²) < 4.78 is 0. The van der Waals surface area contributed by atoms with Gasteiger partial charge in [0.05, 0.1) is 18.6 Å². The van der Waals surface area contributed by atoms with E-state index in [9.17, 15) is 62.6 Å². The predicted octanol–water partition coefficient (Wildman–Crippen LogP) is -2.97. The Morgan fingerprint density at radius 2 is 0.941 bits per heavy atom. The summed E-state index contributed by atoms with van der Waals surface area (Å²) in [5.41, 5.74) is 18.7. The van der Waals surface area contributed by atoms with Crippen LogP contribution in [0.3, 0.4) is 0 Å². The van der Waals surface area contributed by atoms with Gasteiger partial charge in [0.15, 0.2) is 0 Å². The normalized spacial score (nSPS) is 27.1. The zero-order chi connectivity index (χ0) is 64.4. The molecule has 12 amide bonds. The first-order valence-corrected chi connectivity index (χ1v) is 29.3. The molecule has 1 aliphatic heterocycles. The molecule has 1 aromatic carbocycles. The molecule has 85 heavy (non-hydrogen) atoms. The molecule has 0 spiro atoms. The molecule has 11 atom stereocenters. The SMILES string of the molecule is CC(C)[C@@H]1NC(=O)[C@H](C)NC(=O)CNC(=O)[C@H](C)NC(=O)[C@@H](N)CCCNC(=O)[C@H](CCCCN)NC(=O)[C@H](Cc2ccc(O)cc2)NC(=O)[C@H](C(C)C)NC(=O)[C@H](C)N(C)C(=O)[C@H](C(C)C)NC(=O)[C@@H](N)CCCNC(=O)[C@H](C(C)C)NC1=O. The van der Waals surface area contributed by atoms with Crippen LogP contribution in [0, 0.1) is 23.7 Å². The molecule has 1 aromatic rings. The Morgan fingerprint density at radius 3 is 1.47 bits per heavy atom. The van der Waals surface area contributed by atoms with Gasteiger partial charge in [-0.25, -0.2) is 0 Å². The molecule has 1 saturated heterocycles. The fourth-order valence-corrected chi connectivity index (χ4v) is 8.76. The molecule has 28 heteroatoms. The third-order valence-corrected chi connectivity index (χ3v) is 14.5. The maximum Gasteiger partial charge on any atom is 0.245 e. The lowest BCUT2D eigenvalue weighted by Gasteiger charge is -2.32. The lowest BCUT2D eigenvalue weighted by molar-refractivity contribution is -0.143. The van der Waals surface area contributed by atoms with Crippen molar-refractivity contribution in [2.45, 2.75) is 194 Å². The van der Waals surface area contributed by atoms with Crippen molar-refractivity contribution in [3.63, 3.8) is 0 Å². The standard InChI is InChI=1S/C57H97N15O13/c1-29(2)43-54(82)62-26-16-18-39(60)51(79)71-46(32(7)8)57(85)72(12)35(11)49(77)69-44(30(3)4)55(83)67-41(27-36-20-22-37(73)23-21-36)53(81)66-40(19-13-14-24-58)52(80)61-25-15-17-38(59)50(78)65-33(9)47(75)63-28-42(74)64-34(10)48(76)68-45(31(5)6)56(84)70-43/h20-23,29-35,38-41,43-46,73H,13-19,24-28,58-60H2,1-12H3,(H,61,80)(H,62,82)(H,63,75)(H,64,74)(H,65,78)(H,66,81)(H,67,83)(H,68,76)(H,69,77)(H,70,84)(H,71,79)/t33-,34-,35-,38-,39-,40-,41-,43-,44-,45-,46-/m0/s1. The van der Waals surface area contributed by atoms with E-state index in [1.54, 1.807) is 67.5 Å². The first-order valence-electron chi connectivity index (χ1n) is 29.3. The third-order valence-electron chi connectivity index (χ3n) is 14.5. The van der Waals surface area contributed by atoms with E-state index in [0.29, 0.717) is 24.9 Å². The van der Waals surface area contributed by atoms with Crippen LogP contribution in [-0.2, 0) is 64.0 Å². The zero-order valence-electron chi connectivity index (χ0n) is 51.5. The molecule has 0 bridgehead atoms. The molecule has 0 saturated carbocycles. The monoisotopic (exact) mass is 1200 g/mol. The number of amides is 12. The molecule has 478 valence electrons. The van der Waals surface area contributed by atoms with Gasteiger partial charge in [0.1, 0.15) is 60.1 Å². The minimum atomic E-state index is -1.33. The second-order valence-electron chi connectivity index (χ2n) is 23.1. The topological polar surface area (TPSA) is 439 Å². The first-order chi connectivity index (χ1) is 39.8. The van der Waals surface area contributed by atoms with E-state index >= 15 is 0 Å². The number of nitrogens with zero attached hydrogens (tertiary/aromatic N) is 1. The predicted molar refractivity (Wildman–Crippen MR) is 317 cm³/mol. The summed E-state index contributed by atoms with van der Waals surface area (Å²) >= 11 is 0. The minimum absolute atomic E-state index is 0.0108. The number of phenols is 1. The molecule has 0 unspecified atom stereocenters. The van der Waals surface area contributed by atoms with Crippen LogP contribution in [0.2, 0.25) is 0 Å². The molecule has 1 aliphatic rings. The fraction of sp³-hybridized carbons (Fsp3) is 0.684. The summed E-state index contributed by atoms with van der Waals surface area (Å²) in [6, 6.07) is -6.97. The van der Waals surface area contributed by atoms with Crippen LogP contribution in [0.1, 0.15) is 127 Å². The maximum atomic E-state index is 14.3. The number of benzene rings is 1. The lowest BCUT2D eigenvalue weighted by Crippen LogP contribution is -2.61. The van der Waals surface area contributed by atoms with Crippen molar-refractivity contribution in [1.82, 2.24) is 63.4 Å². The summed E-state index contributed by atoms with van der Waals surface area (Å²) in [7, 11) is 1.37. The van der Waals surface area contributed by atoms with Crippen molar-refractivity contribution in [1.29, 1.82) is 0 Å². The van der Waals surface area contributed by atoms with Gasteiger partial charge in [0, 0.05) is 26.6 Å². The van der Waals surface area contributed by atoms with Crippen molar-refractivity contribution in [3.05, 3.63) is 29.8 Å². The number of nitrogens with one attached hydrogen (secondary N) is 11. The average molecular weight is 1200 g/mol. The Morgan fingerprint density at radius 1 is 0.494 bits per heavy atom. The largest absolute Gasteiger partial charge is 0.508 e. The first kappa shape index (κ1) is 73.6. The van der Waals surface area contributed by atoms with Gasteiger partial charge in [0.2, 0.25) is 70.9 Å². The van der Waals surface area contributed by atoms with Gasteiger partial charge < -0.3 is 85.7 Å². The number of phenolic OH excluding ortho intramolecular Hbond substituents is 1. The quantitative estimate of drug-likeness (QED) is 0.104. The van der Waals surface area contributed by atoms with Crippen molar-refractivity contribution in [2.75, 3.05) is 33.2 Å². The molecule has 2 rings (SSSR count). The number of aromatic hydroxyl groups is 1. The molecule has 18 N–H and O–H groups in total. The second kappa shape index (κ2) is 36.4. The van der Waals surface area contributed by atoms with E-state index in [0.717, 1.165) is 4.90 Å². The molecule has 0 aromatic heterocycles. The number of hydrogen-bond donors (Lipinski definition) is 15. The Bertz CT molecular complexity index is 2440. The number of unbranched alkanes of at least 4 members (excludes halogenated alkanes) is 1. The molecule has 0 radical (unpaired) electrons. The number of carbonyl (C=O) groups excluding carboxylic acids is 12. The van der Waals surface area contributed by atoms with Crippen LogP contribution in [0.15, 0.2) is 24.3 Å². The van der Waals surface area contributed by atoms with Crippen LogP contribution in [0.5, 0.6) is 5.75 Å².